The van der Waals surface area contributed by atoms with Crippen molar-refractivity contribution in [3.05, 3.63) is 0 Å². The Morgan fingerprint density at radius 1 is 0.647 bits per heavy atom. The first-order chi connectivity index (χ1) is 15.8. The molecule has 4 amide bonds. The molecular formula is C26H48N4O4. The van der Waals surface area contributed by atoms with Gasteiger partial charge in [-0.05, 0) is 36.5 Å². The van der Waals surface area contributed by atoms with Gasteiger partial charge in [0.05, 0.1) is 0 Å². The average Bonchev–Trinajstić information content (AvgIpc) is 2.78. The molecule has 8 heteroatoms. The number of amides is 4. The van der Waals surface area contributed by atoms with E-state index in [1.165, 1.54) is 9.80 Å². The standard InChI is InChI=1S/C26H48N4O4/c1-11-17(7)21-25(33)29(9)20(14-16(5)6)24(32)28-22(18(8)12-2)26(34)30(10)19(13-15(3)4)23(31)27-21/h15-22H,11-14H2,1-10H3,(H,27,31)(H,28,32). The number of hydrogen-bond donors (Lipinski definition) is 2. The topological polar surface area (TPSA) is 98.8 Å². The Bertz CT molecular complexity index is 664. The summed E-state index contributed by atoms with van der Waals surface area (Å²) in [5.41, 5.74) is 0. The zero-order chi connectivity index (χ0) is 26.3. The van der Waals surface area contributed by atoms with Crippen LogP contribution in [0.15, 0.2) is 0 Å². The lowest BCUT2D eigenvalue weighted by Crippen LogP contribution is -2.63. The highest BCUT2D eigenvalue weighted by Crippen LogP contribution is 2.21. The van der Waals surface area contributed by atoms with Gasteiger partial charge in [-0.3, -0.25) is 19.2 Å². The molecule has 0 aromatic carbocycles. The minimum Gasteiger partial charge on any atom is -0.342 e. The number of nitrogens with one attached hydrogen (secondary N) is 2. The monoisotopic (exact) mass is 480 g/mol. The molecule has 1 saturated heterocycles. The van der Waals surface area contributed by atoms with Gasteiger partial charge in [0.15, 0.2) is 0 Å². The van der Waals surface area contributed by atoms with Crippen LogP contribution in [0.5, 0.6) is 0 Å². The molecule has 1 aliphatic rings. The van der Waals surface area contributed by atoms with Gasteiger partial charge in [-0.25, -0.2) is 0 Å². The SMILES string of the molecule is CCC(C)C1NC(=O)C(CC(C)C)N(C)C(=O)C(C(C)CC)NC(=O)C(CC(C)C)N(C)C1=O. The van der Waals surface area contributed by atoms with Crippen LogP contribution in [0.2, 0.25) is 0 Å². The van der Waals surface area contributed by atoms with Crippen LogP contribution >= 0.6 is 0 Å². The molecule has 6 atom stereocenters. The molecule has 0 aliphatic carbocycles. The minimum atomic E-state index is -0.770. The van der Waals surface area contributed by atoms with Crippen LogP contribution in [-0.4, -0.2) is 71.7 Å². The van der Waals surface area contributed by atoms with Crippen LogP contribution < -0.4 is 10.6 Å². The molecule has 0 aromatic rings. The van der Waals surface area contributed by atoms with E-state index in [0.29, 0.717) is 25.7 Å². The quantitative estimate of drug-likeness (QED) is 0.558. The second-order valence-corrected chi connectivity index (χ2v) is 10.9. The Morgan fingerprint density at radius 3 is 1.18 bits per heavy atom. The Morgan fingerprint density at radius 2 is 0.941 bits per heavy atom. The number of nitrogens with zero attached hydrogens (tertiary/aromatic N) is 2. The second-order valence-electron chi connectivity index (χ2n) is 10.9. The molecule has 1 heterocycles. The highest BCUT2D eigenvalue weighted by atomic mass is 16.2. The summed E-state index contributed by atoms with van der Waals surface area (Å²) in [6, 6.07) is -3.00. The lowest BCUT2D eigenvalue weighted by atomic mass is 9.92. The summed E-state index contributed by atoms with van der Waals surface area (Å²) in [7, 11) is 3.25. The van der Waals surface area contributed by atoms with Gasteiger partial charge in [0.25, 0.3) is 0 Å². The lowest BCUT2D eigenvalue weighted by molar-refractivity contribution is -0.149. The Labute approximate surface area is 206 Å². The Hall–Kier alpha value is -2.12. The lowest BCUT2D eigenvalue weighted by Gasteiger charge is -2.39. The van der Waals surface area contributed by atoms with Crippen molar-refractivity contribution < 1.29 is 19.2 Å². The number of likely N-dealkylation sites (N-methyl/N-ethyl adjacent to an activating group) is 2. The van der Waals surface area contributed by atoms with Crippen molar-refractivity contribution in [2.45, 2.75) is 105 Å². The first kappa shape index (κ1) is 29.9. The van der Waals surface area contributed by atoms with Crippen LogP contribution in [0.1, 0.15) is 81.1 Å². The zero-order valence-electron chi connectivity index (χ0n) is 23.0. The zero-order valence-corrected chi connectivity index (χ0v) is 23.0. The fourth-order valence-corrected chi connectivity index (χ4v) is 4.39. The molecule has 0 aromatic heterocycles. The van der Waals surface area contributed by atoms with Gasteiger partial charge in [0.2, 0.25) is 23.6 Å². The predicted octanol–water partition coefficient (Wildman–Crippen LogP) is 2.81. The van der Waals surface area contributed by atoms with Crippen LogP contribution in [0.25, 0.3) is 0 Å². The van der Waals surface area contributed by atoms with Gasteiger partial charge >= 0.3 is 0 Å². The molecular weight excluding hydrogens is 432 g/mol. The van der Waals surface area contributed by atoms with E-state index in [-0.39, 0.29) is 47.3 Å². The molecule has 6 unspecified atom stereocenters. The van der Waals surface area contributed by atoms with E-state index in [1.54, 1.807) is 14.1 Å². The van der Waals surface area contributed by atoms with E-state index in [0.717, 1.165) is 0 Å². The summed E-state index contributed by atoms with van der Waals surface area (Å²) >= 11 is 0. The maximum Gasteiger partial charge on any atom is 0.245 e. The van der Waals surface area contributed by atoms with Crippen LogP contribution in [0, 0.1) is 23.7 Å². The first-order valence-electron chi connectivity index (χ1n) is 12.9. The third-order valence-electron chi connectivity index (χ3n) is 7.18. The molecule has 0 spiro atoms. The van der Waals surface area contributed by atoms with Crippen LogP contribution in [0.3, 0.4) is 0 Å². The Kier molecular flexibility index (Phi) is 11.5. The molecule has 0 radical (unpaired) electrons. The van der Waals surface area contributed by atoms with Gasteiger partial charge in [0.1, 0.15) is 24.2 Å². The maximum atomic E-state index is 13.6. The van der Waals surface area contributed by atoms with E-state index < -0.39 is 24.2 Å². The van der Waals surface area contributed by atoms with E-state index in [9.17, 15) is 19.2 Å². The van der Waals surface area contributed by atoms with E-state index in [4.69, 9.17) is 0 Å². The van der Waals surface area contributed by atoms with Crippen molar-refractivity contribution in [2.24, 2.45) is 23.7 Å². The largest absolute Gasteiger partial charge is 0.342 e. The highest BCUT2D eigenvalue weighted by Gasteiger charge is 2.41. The van der Waals surface area contributed by atoms with Crippen molar-refractivity contribution in [3.8, 4) is 0 Å². The number of carbonyl (C=O) groups excluding carboxylic acids is 4. The van der Waals surface area contributed by atoms with Crippen molar-refractivity contribution in [3.63, 3.8) is 0 Å². The van der Waals surface area contributed by atoms with Crippen molar-refractivity contribution in [2.75, 3.05) is 14.1 Å². The summed E-state index contributed by atoms with van der Waals surface area (Å²) in [5, 5.41) is 5.93. The smallest absolute Gasteiger partial charge is 0.245 e. The van der Waals surface area contributed by atoms with E-state index in [2.05, 4.69) is 10.6 Å². The molecule has 8 nitrogen and oxygen atoms in total. The van der Waals surface area contributed by atoms with Crippen molar-refractivity contribution in [1.82, 2.24) is 20.4 Å². The molecule has 1 fully saturated rings. The fraction of sp³-hybridized carbons (Fsp3) is 0.846. The van der Waals surface area contributed by atoms with Gasteiger partial charge in [-0.2, -0.15) is 0 Å². The molecule has 1 rings (SSSR count). The predicted molar refractivity (Wildman–Crippen MR) is 135 cm³/mol. The Balaban J connectivity index is 3.63. The summed E-state index contributed by atoms with van der Waals surface area (Å²) in [6.45, 7) is 15.8. The highest BCUT2D eigenvalue weighted by molar-refractivity contribution is 5.97. The minimum absolute atomic E-state index is 0.127. The third-order valence-corrected chi connectivity index (χ3v) is 7.18. The van der Waals surface area contributed by atoms with Crippen LogP contribution in [-0.2, 0) is 19.2 Å². The van der Waals surface area contributed by atoms with Crippen molar-refractivity contribution in [1.29, 1.82) is 0 Å². The number of hydrogen-bond acceptors (Lipinski definition) is 4. The van der Waals surface area contributed by atoms with E-state index in [1.807, 2.05) is 55.4 Å². The van der Waals surface area contributed by atoms with Gasteiger partial charge in [-0.15, -0.1) is 0 Å². The summed E-state index contributed by atoms with van der Waals surface area (Å²) in [4.78, 5) is 57.2. The molecule has 34 heavy (non-hydrogen) atoms. The molecule has 0 bridgehead atoms. The molecule has 0 saturated carbocycles. The molecule has 1 aliphatic heterocycles. The van der Waals surface area contributed by atoms with Crippen molar-refractivity contribution >= 4 is 23.6 Å². The molecule has 196 valence electrons. The van der Waals surface area contributed by atoms with Crippen LogP contribution in [0.4, 0.5) is 0 Å². The number of rotatable bonds is 8. The molecule has 2 N–H and O–H groups in total. The normalized spacial score (nSPS) is 27.3. The van der Waals surface area contributed by atoms with Gasteiger partial charge in [0, 0.05) is 14.1 Å². The summed E-state index contributed by atoms with van der Waals surface area (Å²) in [6.07, 6.45) is 2.29. The summed E-state index contributed by atoms with van der Waals surface area (Å²) in [5.74, 6) is -1.14. The van der Waals surface area contributed by atoms with Gasteiger partial charge in [-0.1, -0.05) is 68.2 Å². The summed E-state index contributed by atoms with van der Waals surface area (Å²) < 4.78 is 0. The average molecular weight is 481 g/mol. The third kappa shape index (κ3) is 7.44. The number of carbonyl (C=O) groups is 4. The van der Waals surface area contributed by atoms with E-state index >= 15 is 0 Å². The van der Waals surface area contributed by atoms with Gasteiger partial charge < -0.3 is 20.4 Å². The maximum absolute atomic E-state index is 13.6. The first-order valence-corrected chi connectivity index (χ1v) is 12.9. The second kappa shape index (κ2) is 13.1. The fourth-order valence-electron chi connectivity index (χ4n) is 4.39.